The molecule has 0 aliphatic heterocycles. The number of amides is 2. The maximum Gasteiger partial charge on any atom is 0.319 e. The lowest BCUT2D eigenvalue weighted by molar-refractivity contribution is 0.252. The highest BCUT2D eigenvalue weighted by Crippen LogP contribution is 2.23. The minimum absolute atomic E-state index is 0.197. The van der Waals surface area contributed by atoms with Crippen LogP contribution in [0.4, 0.5) is 23.7 Å². The first-order valence-corrected chi connectivity index (χ1v) is 9.48. The Balaban J connectivity index is 1.41. The van der Waals surface area contributed by atoms with Gasteiger partial charge in [0.05, 0.1) is 11.3 Å². The molecule has 6 nitrogen and oxygen atoms in total. The fraction of sp³-hybridized carbons (Fsp3) is 0.105. The van der Waals surface area contributed by atoms with Crippen molar-refractivity contribution in [2.75, 3.05) is 11.9 Å². The fourth-order valence-corrected chi connectivity index (χ4v) is 3.59. The molecule has 0 saturated carbocycles. The molecule has 2 N–H and O–H groups in total. The zero-order chi connectivity index (χ0) is 20.4. The van der Waals surface area contributed by atoms with E-state index in [4.69, 9.17) is 0 Å². The van der Waals surface area contributed by atoms with E-state index in [9.17, 15) is 18.0 Å². The molecule has 0 radical (unpaired) electrons. The Morgan fingerprint density at radius 2 is 1.76 bits per heavy atom. The number of urea groups is 1. The van der Waals surface area contributed by atoms with Crippen LogP contribution in [0.2, 0.25) is 0 Å². The van der Waals surface area contributed by atoms with Crippen molar-refractivity contribution < 1.29 is 18.0 Å². The van der Waals surface area contributed by atoms with Gasteiger partial charge in [0.2, 0.25) is 4.96 Å². The van der Waals surface area contributed by atoms with Crippen molar-refractivity contribution in [3.63, 3.8) is 0 Å². The van der Waals surface area contributed by atoms with Crippen molar-refractivity contribution >= 4 is 28.0 Å². The van der Waals surface area contributed by atoms with Gasteiger partial charge in [-0.2, -0.15) is 4.98 Å². The average molecular weight is 417 g/mol. The number of nitrogens with zero attached hydrogens (tertiary/aromatic N) is 3. The maximum absolute atomic E-state index is 13.9. The van der Waals surface area contributed by atoms with Crippen LogP contribution < -0.4 is 10.6 Å². The van der Waals surface area contributed by atoms with Crippen molar-refractivity contribution in [2.24, 2.45) is 0 Å². The summed E-state index contributed by atoms with van der Waals surface area (Å²) in [5.41, 5.74) is 0.560. The Morgan fingerprint density at radius 1 is 1.03 bits per heavy atom. The maximum atomic E-state index is 13.9. The molecule has 148 valence electrons. The highest BCUT2D eigenvalue weighted by Gasteiger charge is 2.15. The number of thiazole rings is 1. The summed E-state index contributed by atoms with van der Waals surface area (Å²) in [6.45, 7) is 0.197. The van der Waals surface area contributed by atoms with E-state index in [1.165, 1.54) is 23.5 Å². The topological polar surface area (TPSA) is 71.3 Å². The largest absolute Gasteiger partial charge is 0.337 e. The number of hydrogen-bond donors (Lipinski definition) is 2. The summed E-state index contributed by atoms with van der Waals surface area (Å²) in [6.07, 6.45) is 0.396. The highest BCUT2D eigenvalue weighted by atomic mass is 32.1. The minimum Gasteiger partial charge on any atom is -0.337 e. The summed E-state index contributed by atoms with van der Waals surface area (Å²) in [7, 11) is 0. The van der Waals surface area contributed by atoms with Gasteiger partial charge in [0.15, 0.2) is 5.82 Å². The predicted molar refractivity (Wildman–Crippen MR) is 103 cm³/mol. The first-order valence-electron chi connectivity index (χ1n) is 8.60. The Labute approximate surface area is 167 Å². The van der Waals surface area contributed by atoms with Crippen molar-refractivity contribution in [1.29, 1.82) is 0 Å². The van der Waals surface area contributed by atoms with Crippen molar-refractivity contribution in [1.82, 2.24) is 19.9 Å². The Bertz CT molecular complexity index is 1170. The van der Waals surface area contributed by atoms with Crippen LogP contribution in [-0.2, 0) is 6.42 Å². The number of anilines is 1. The van der Waals surface area contributed by atoms with E-state index in [0.29, 0.717) is 16.9 Å². The number of para-hydroxylation sites is 1. The average Bonchev–Trinajstić information content (AvgIpc) is 3.27. The van der Waals surface area contributed by atoms with Crippen LogP contribution >= 0.6 is 11.3 Å². The molecule has 0 bridgehead atoms. The number of carbonyl (C=O) groups is 1. The molecule has 0 fully saturated rings. The van der Waals surface area contributed by atoms with Crippen molar-refractivity contribution in [3.05, 3.63) is 71.0 Å². The number of hydrogen-bond acceptors (Lipinski definition) is 4. The number of benzene rings is 2. The number of aromatic nitrogens is 3. The molecular weight excluding hydrogens is 403 g/mol. The smallest absolute Gasteiger partial charge is 0.319 e. The minimum atomic E-state index is -0.858. The molecule has 0 saturated heterocycles. The zero-order valence-corrected chi connectivity index (χ0v) is 15.6. The molecule has 0 aliphatic rings. The van der Waals surface area contributed by atoms with Crippen LogP contribution in [0, 0.1) is 17.5 Å². The summed E-state index contributed by atoms with van der Waals surface area (Å²) in [5, 5.41) is 10.9. The molecule has 4 aromatic rings. The molecule has 2 heterocycles. The molecule has 2 amide bonds. The molecule has 0 aliphatic carbocycles. The van der Waals surface area contributed by atoms with Gasteiger partial charge in [-0.15, -0.1) is 16.4 Å². The molecule has 4 rings (SSSR count). The van der Waals surface area contributed by atoms with Crippen LogP contribution in [-0.4, -0.2) is 27.2 Å². The fourth-order valence-electron chi connectivity index (χ4n) is 2.73. The van der Waals surface area contributed by atoms with E-state index in [0.717, 1.165) is 17.8 Å². The van der Waals surface area contributed by atoms with Crippen LogP contribution in [0.5, 0.6) is 0 Å². The van der Waals surface area contributed by atoms with Crippen LogP contribution in [0.3, 0.4) is 0 Å². The Kier molecular flexibility index (Phi) is 5.17. The van der Waals surface area contributed by atoms with Gasteiger partial charge in [-0.25, -0.2) is 22.5 Å². The van der Waals surface area contributed by atoms with Gasteiger partial charge in [-0.1, -0.05) is 18.2 Å². The van der Waals surface area contributed by atoms with Crippen LogP contribution in [0.15, 0.2) is 47.8 Å². The Morgan fingerprint density at radius 3 is 2.52 bits per heavy atom. The van der Waals surface area contributed by atoms with Crippen molar-refractivity contribution in [2.45, 2.75) is 6.42 Å². The third kappa shape index (κ3) is 3.92. The standard InChI is InChI=1S/C19H14F3N5OS/c20-13-5-2-1-4-12(13)17-25-19-27(26-17)11(10-29-19)8-9-23-18(28)24-16-14(21)6-3-7-15(16)22/h1-7,10H,8-9H2,(H2,23,24,28). The van der Waals surface area contributed by atoms with Gasteiger partial charge in [-0.3, -0.25) is 0 Å². The lowest BCUT2D eigenvalue weighted by Gasteiger charge is -2.08. The number of rotatable bonds is 5. The van der Waals surface area contributed by atoms with Gasteiger partial charge in [-0.05, 0) is 24.3 Å². The second-order valence-corrected chi connectivity index (χ2v) is 6.90. The lowest BCUT2D eigenvalue weighted by Crippen LogP contribution is -2.31. The summed E-state index contributed by atoms with van der Waals surface area (Å²) in [6, 6.07) is 8.82. The first kappa shape index (κ1) is 18.9. The predicted octanol–water partition coefficient (Wildman–Crippen LogP) is 4.24. The SMILES string of the molecule is O=C(NCCc1csc2nc(-c3ccccc3F)nn12)Nc1c(F)cccc1F. The zero-order valence-electron chi connectivity index (χ0n) is 14.8. The van der Waals surface area contributed by atoms with Crippen LogP contribution in [0.25, 0.3) is 16.3 Å². The Hall–Kier alpha value is -3.40. The third-order valence-corrected chi connectivity index (χ3v) is 5.00. The molecule has 10 heteroatoms. The van der Waals surface area contributed by atoms with Crippen molar-refractivity contribution in [3.8, 4) is 11.4 Å². The van der Waals surface area contributed by atoms with Gasteiger partial charge < -0.3 is 10.6 Å². The van der Waals surface area contributed by atoms with E-state index < -0.39 is 29.2 Å². The lowest BCUT2D eigenvalue weighted by atomic mass is 10.2. The number of fused-ring (bicyclic) bond motifs is 1. The van der Waals surface area contributed by atoms with Crippen LogP contribution in [0.1, 0.15) is 5.69 Å². The van der Waals surface area contributed by atoms with E-state index in [1.54, 1.807) is 22.7 Å². The van der Waals surface area contributed by atoms with Gasteiger partial charge in [0, 0.05) is 18.3 Å². The molecule has 2 aromatic carbocycles. The second kappa shape index (κ2) is 7.92. The molecule has 29 heavy (non-hydrogen) atoms. The van der Waals surface area contributed by atoms with E-state index in [2.05, 4.69) is 20.7 Å². The van der Waals surface area contributed by atoms with E-state index in [1.807, 2.05) is 5.38 Å². The molecule has 0 atom stereocenters. The summed E-state index contributed by atoms with van der Waals surface area (Å²) >= 11 is 1.34. The third-order valence-electron chi connectivity index (χ3n) is 4.13. The molecule has 2 aromatic heterocycles. The summed E-state index contributed by atoms with van der Waals surface area (Å²) in [5.74, 6) is -1.85. The second-order valence-electron chi connectivity index (χ2n) is 6.06. The van der Waals surface area contributed by atoms with Gasteiger partial charge >= 0.3 is 6.03 Å². The number of nitrogens with one attached hydrogen (secondary N) is 2. The summed E-state index contributed by atoms with van der Waals surface area (Å²) in [4.78, 5) is 16.8. The van der Waals surface area contributed by atoms with E-state index >= 15 is 0 Å². The molecular formula is C19H14F3N5OS. The normalized spacial score (nSPS) is 11.0. The summed E-state index contributed by atoms with van der Waals surface area (Å²) < 4.78 is 42.7. The number of carbonyl (C=O) groups excluding carboxylic acids is 1. The number of halogens is 3. The van der Waals surface area contributed by atoms with Gasteiger partial charge in [0.1, 0.15) is 23.1 Å². The monoisotopic (exact) mass is 417 g/mol. The quantitative estimate of drug-likeness (QED) is 0.510. The first-order chi connectivity index (χ1) is 14.0. The van der Waals surface area contributed by atoms with E-state index in [-0.39, 0.29) is 12.4 Å². The molecule has 0 unspecified atom stereocenters. The highest BCUT2D eigenvalue weighted by molar-refractivity contribution is 7.15. The van der Waals surface area contributed by atoms with Gasteiger partial charge in [0.25, 0.3) is 0 Å². The molecule has 0 spiro atoms.